The van der Waals surface area contributed by atoms with E-state index in [1.165, 1.54) is 0 Å². The average molecular weight is 159 g/mol. The van der Waals surface area contributed by atoms with Gasteiger partial charge in [0, 0.05) is 0 Å². The number of hydrogen-bond donors (Lipinski definition) is 0. The van der Waals surface area contributed by atoms with E-state index in [4.69, 9.17) is 0 Å². The maximum absolute atomic E-state index is 2.20. The zero-order valence-corrected chi connectivity index (χ0v) is 7.32. The van der Waals surface area contributed by atoms with Crippen LogP contribution in [-0.4, -0.2) is 0 Å². The van der Waals surface area contributed by atoms with Crippen molar-refractivity contribution >= 4 is 0 Å². The van der Waals surface area contributed by atoms with Crippen LogP contribution in [0.1, 0.15) is 19.3 Å². The van der Waals surface area contributed by atoms with Gasteiger partial charge in [0.1, 0.15) is 0 Å². The van der Waals surface area contributed by atoms with E-state index in [1.54, 1.807) is 0 Å². The number of hydrogen-bond acceptors (Lipinski definition) is 0. The second-order valence-electron chi connectivity index (χ2n) is 2.72. The van der Waals surface area contributed by atoms with Gasteiger partial charge in [-0.1, -0.05) is 48.6 Å². The molecule has 0 aromatic heterocycles. The molecule has 0 bridgehead atoms. The lowest BCUT2D eigenvalue weighted by Gasteiger charge is -1.89. The highest BCUT2D eigenvalue weighted by Gasteiger charge is 1.80. The van der Waals surface area contributed by atoms with Gasteiger partial charge >= 0.3 is 0 Å². The summed E-state index contributed by atoms with van der Waals surface area (Å²) < 4.78 is 0. The van der Waals surface area contributed by atoms with Crippen LogP contribution in [0.4, 0.5) is 0 Å². The first kappa shape index (κ1) is 9.05. The van der Waals surface area contributed by atoms with Crippen molar-refractivity contribution in [2.45, 2.75) is 19.3 Å². The lowest BCUT2D eigenvalue weighted by atomic mass is 10.2. The highest BCUT2D eigenvalue weighted by atomic mass is 13.9. The molecule has 0 saturated heterocycles. The van der Waals surface area contributed by atoms with Gasteiger partial charge in [-0.2, -0.15) is 0 Å². The first-order valence-electron chi connectivity index (χ1n) is 4.47. The van der Waals surface area contributed by atoms with Crippen LogP contribution < -0.4 is 0 Å². The molecule has 1 rings (SSSR count). The van der Waals surface area contributed by atoms with Gasteiger partial charge in [-0.3, -0.25) is 0 Å². The Morgan fingerprint density at radius 2 is 1.33 bits per heavy atom. The largest absolute Gasteiger partial charge is 0.0845 e. The molecule has 0 amide bonds. The maximum Gasteiger partial charge on any atom is -0.0163 e. The molecule has 12 heavy (non-hydrogen) atoms. The van der Waals surface area contributed by atoms with Crippen molar-refractivity contribution in [3.63, 3.8) is 0 Å². The fraction of sp³-hybridized carbons (Fsp3) is 0.250. The van der Waals surface area contributed by atoms with Gasteiger partial charge in [0.2, 0.25) is 0 Å². The van der Waals surface area contributed by atoms with Gasteiger partial charge in [0.15, 0.2) is 0 Å². The fourth-order valence-corrected chi connectivity index (χ4v) is 0.999. The second-order valence-corrected chi connectivity index (χ2v) is 2.72. The molecule has 0 aliphatic heterocycles. The molecule has 0 heteroatoms. The van der Waals surface area contributed by atoms with E-state index in [2.05, 4.69) is 55.0 Å². The highest BCUT2D eigenvalue weighted by molar-refractivity contribution is 5.12. The fourth-order valence-electron chi connectivity index (χ4n) is 0.999. The van der Waals surface area contributed by atoms with Crippen molar-refractivity contribution in [3.8, 4) is 0 Å². The standard InChI is InChI=1S/C12H15/c1-2-4-6-8-10-12-11-9-7-5-3-1/h1-5,8,10-12H,6-7,9H2/b3-1-,4-2+,10-8+,12-11-. The molecule has 0 heterocycles. The van der Waals surface area contributed by atoms with Gasteiger partial charge in [0.25, 0.3) is 0 Å². The van der Waals surface area contributed by atoms with E-state index in [9.17, 15) is 0 Å². The average Bonchev–Trinajstić information content (AvgIpc) is 2.05. The molecule has 0 fully saturated rings. The molecule has 0 unspecified atom stereocenters. The first-order chi connectivity index (χ1) is 6.00. The van der Waals surface area contributed by atoms with Crippen LogP contribution in [-0.2, 0) is 0 Å². The van der Waals surface area contributed by atoms with Gasteiger partial charge in [0.05, 0.1) is 0 Å². The van der Waals surface area contributed by atoms with Crippen LogP contribution in [0.2, 0.25) is 0 Å². The Hall–Kier alpha value is -1.04. The topological polar surface area (TPSA) is 0 Å². The summed E-state index contributed by atoms with van der Waals surface area (Å²) in [5.41, 5.74) is 0. The Kier molecular flexibility index (Phi) is 5.02. The van der Waals surface area contributed by atoms with E-state index >= 15 is 0 Å². The van der Waals surface area contributed by atoms with Crippen LogP contribution in [0.25, 0.3) is 0 Å². The predicted molar refractivity (Wildman–Crippen MR) is 54.7 cm³/mol. The minimum absolute atomic E-state index is 1.02. The van der Waals surface area contributed by atoms with Crippen molar-refractivity contribution in [2.75, 3.05) is 0 Å². The molecule has 1 radical (unpaired) electrons. The van der Waals surface area contributed by atoms with E-state index in [0.29, 0.717) is 0 Å². The smallest absolute Gasteiger partial charge is 0.0163 e. The molecule has 1 aliphatic carbocycles. The Labute approximate surface area is 75.0 Å². The van der Waals surface area contributed by atoms with Gasteiger partial charge < -0.3 is 0 Å². The molecule has 0 N–H and O–H groups in total. The summed E-state index contributed by atoms with van der Waals surface area (Å²) in [5.74, 6) is 0. The highest BCUT2D eigenvalue weighted by Crippen LogP contribution is 1.99. The summed E-state index contributed by atoms with van der Waals surface area (Å²) in [7, 11) is 0. The molecule has 0 atom stereocenters. The monoisotopic (exact) mass is 159 g/mol. The third-order valence-electron chi connectivity index (χ3n) is 1.65. The Morgan fingerprint density at radius 1 is 0.583 bits per heavy atom. The van der Waals surface area contributed by atoms with Crippen molar-refractivity contribution in [1.29, 1.82) is 0 Å². The summed E-state index contributed by atoms with van der Waals surface area (Å²) in [6.45, 7) is 0. The van der Waals surface area contributed by atoms with Gasteiger partial charge in [-0.15, -0.1) is 0 Å². The Morgan fingerprint density at radius 3 is 2.25 bits per heavy atom. The summed E-state index contributed by atoms with van der Waals surface area (Å²) >= 11 is 0. The molecule has 0 aromatic rings. The van der Waals surface area contributed by atoms with E-state index < -0.39 is 0 Å². The molecule has 0 spiro atoms. The van der Waals surface area contributed by atoms with E-state index in [1.807, 2.05) is 0 Å². The predicted octanol–water partition coefficient (Wildman–Crippen LogP) is 3.60. The van der Waals surface area contributed by atoms with Gasteiger partial charge in [-0.25, -0.2) is 0 Å². The Bertz CT molecular complexity index is 182. The third-order valence-corrected chi connectivity index (χ3v) is 1.65. The van der Waals surface area contributed by atoms with Crippen LogP contribution in [0.15, 0.2) is 48.6 Å². The first-order valence-corrected chi connectivity index (χ1v) is 4.47. The van der Waals surface area contributed by atoms with E-state index in [-0.39, 0.29) is 0 Å². The van der Waals surface area contributed by atoms with Crippen molar-refractivity contribution in [1.82, 2.24) is 0 Å². The summed E-state index contributed by atoms with van der Waals surface area (Å²) in [4.78, 5) is 0. The Balaban J connectivity index is 2.42. The van der Waals surface area contributed by atoms with Gasteiger partial charge in [-0.05, 0) is 25.7 Å². The molecule has 63 valence electrons. The zero-order valence-electron chi connectivity index (χ0n) is 7.32. The van der Waals surface area contributed by atoms with E-state index in [0.717, 1.165) is 19.3 Å². The summed E-state index contributed by atoms with van der Waals surface area (Å²) in [6.07, 6.45) is 22.5. The SMILES string of the molecule is [CH]1/C=C\C=C\C/C=C/C=C\CC1. The van der Waals surface area contributed by atoms with Crippen LogP contribution >= 0.6 is 0 Å². The lowest BCUT2D eigenvalue weighted by molar-refractivity contribution is 1.00. The zero-order chi connectivity index (χ0) is 8.49. The second kappa shape index (κ2) is 6.66. The van der Waals surface area contributed by atoms with Crippen molar-refractivity contribution in [3.05, 3.63) is 55.0 Å². The minimum atomic E-state index is 1.02. The molecule has 0 saturated carbocycles. The quantitative estimate of drug-likeness (QED) is 0.506. The van der Waals surface area contributed by atoms with Crippen LogP contribution in [0.3, 0.4) is 0 Å². The number of allylic oxidation sites excluding steroid dienone is 8. The maximum atomic E-state index is 2.20. The third kappa shape index (κ3) is 4.73. The van der Waals surface area contributed by atoms with Crippen molar-refractivity contribution in [2.24, 2.45) is 0 Å². The lowest BCUT2D eigenvalue weighted by Crippen LogP contribution is -1.70. The summed E-state index contributed by atoms with van der Waals surface area (Å²) in [5, 5.41) is 0. The van der Waals surface area contributed by atoms with Crippen LogP contribution in [0, 0.1) is 6.42 Å². The molecular formula is C12H15. The molecule has 1 aliphatic rings. The minimum Gasteiger partial charge on any atom is -0.0845 e. The molecular weight excluding hydrogens is 144 g/mol. The number of rotatable bonds is 0. The normalized spacial score (nSPS) is 29.3. The van der Waals surface area contributed by atoms with Crippen molar-refractivity contribution < 1.29 is 0 Å². The summed E-state index contributed by atoms with van der Waals surface area (Å²) in [6, 6.07) is 0. The van der Waals surface area contributed by atoms with Crippen LogP contribution in [0.5, 0.6) is 0 Å². The molecule has 0 aromatic carbocycles. The molecule has 0 nitrogen and oxygen atoms in total.